The van der Waals surface area contributed by atoms with Gasteiger partial charge < -0.3 is 15.0 Å². The number of nitrogens with zero attached hydrogens (tertiary/aromatic N) is 1. The highest BCUT2D eigenvalue weighted by Gasteiger charge is 2.23. The fourth-order valence-electron chi connectivity index (χ4n) is 2.06. The van der Waals surface area contributed by atoms with Crippen molar-refractivity contribution in [1.29, 1.82) is 0 Å². The Bertz CT molecular complexity index is 770. The van der Waals surface area contributed by atoms with E-state index in [-0.39, 0.29) is 17.3 Å². The molecule has 0 atom stereocenters. The molecular formula is C15H16N2O4. The van der Waals surface area contributed by atoms with Gasteiger partial charge >= 0.3 is 0 Å². The van der Waals surface area contributed by atoms with E-state index >= 15 is 0 Å². The lowest BCUT2D eigenvalue weighted by Crippen LogP contribution is -2.34. The van der Waals surface area contributed by atoms with Crippen LogP contribution in [0.1, 0.15) is 15.9 Å². The van der Waals surface area contributed by atoms with Crippen molar-refractivity contribution in [2.75, 3.05) is 26.5 Å². The van der Waals surface area contributed by atoms with Crippen molar-refractivity contribution in [2.45, 2.75) is 6.92 Å². The zero-order valence-electron chi connectivity index (χ0n) is 12.3. The van der Waals surface area contributed by atoms with Crippen LogP contribution in [0.25, 0.3) is 0 Å². The molecule has 6 heteroatoms. The standard InChI is InChI=1S/C15H16N2O4/c1-8-9(15(20)17(2)3)6-5-7-10(8)16-11-12(18)13(19)14(11)21-4/h5-7,16H,1-4H3. The number of benzene rings is 1. The van der Waals surface area contributed by atoms with Crippen LogP contribution in [0.5, 0.6) is 5.75 Å². The molecule has 2 aromatic carbocycles. The van der Waals surface area contributed by atoms with Gasteiger partial charge in [-0.3, -0.25) is 14.4 Å². The maximum Gasteiger partial charge on any atom is 0.272 e. The van der Waals surface area contributed by atoms with E-state index in [9.17, 15) is 14.4 Å². The summed E-state index contributed by atoms with van der Waals surface area (Å²) in [6, 6.07) is 5.16. The fraction of sp³-hybridized carbons (Fsp3) is 0.267. The van der Waals surface area contributed by atoms with Crippen molar-refractivity contribution in [1.82, 2.24) is 4.90 Å². The summed E-state index contributed by atoms with van der Waals surface area (Å²) < 4.78 is 4.88. The third-order valence-electron chi connectivity index (χ3n) is 3.30. The van der Waals surface area contributed by atoms with Crippen LogP contribution < -0.4 is 20.9 Å². The molecule has 0 spiro atoms. The Morgan fingerprint density at radius 1 is 1.19 bits per heavy atom. The predicted octanol–water partition coefficient (Wildman–Crippen LogP) is 1.05. The lowest BCUT2D eigenvalue weighted by molar-refractivity contribution is 0.0827. The van der Waals surface area contributed by atoms with Crippen LogP contribution >= 0.6 is 0 Å². The molecule has 0 heterocycles. The number of nitrogens with one attached hydrogen (secondary N) is 1. The lowest BCUT2D eigenvalue weighted by atomic mass is 10.0. The highest BCUT2D eigenvalue weighted by molar-refractivity contribution is 5.97. The number of hydrogen-bond acceptors (Lipinski definition) is 5. The maximum absolute atomic E-state index is 12.1. The van der Waals surface area contributed by atoms with Gasteiger partial charge in [-0.25, -0.2) is 0 Å². The largest absolute Gasteiger partial charge is 0.491 e. The first-order valence-corrected chi connectivity index (χ1v) is 6.34. The van der Waals surface area contributed by atoms with Gasteiger partial charge in [-0.2, -0.15) is 0 Å². The van der Waals surface area contributed by atoms with E-state index in [0.29, 0.717) is 16.8 Å². The Morgan fingerprint density at radius 3 is 2.43 bits per heavy atom. The minimum Gasteiger partial charge on any atom is -0.491 e. The molecule has 21 heavy (non-hydrogen) atoms. The molecule has 0 radical (unpaired) electrons. The number of methoxy groups -OCH3 is 1. The number of amides is 1. The third kappa shape index (κ3) is 2.40. The van der Waals surface area contributed by atoms with Gasteiger partial charge in [0.1, 0.15) is 5.69 Å². The maximum atomic E-state index is 12.1. The van der Waals surface area contributed by atoms with Gasteiger partial charge in [0.15, 0.2) is 5.75 Å². The van der Waals surface area contributed by atoms with E-state index < -0.39 is 10.9 Å². The summed E-state index contributed by atoms with van der Waals surface area (Å²) in [4.78, 5) is 36.4. The van der Waals surface area contributed by atoms with Crippen molar-refractivity contribution in [3.05, 3.63) is 49.8 Å². The average molecular weight is 288 g/mol. The molecule has 0 saturated heterocycles. The van der Waals surface area contributed by atoms with Crippen molar-refractivity contribution >= 4 is 17.3 Å². The summed E-state index contributed by atoms with van der Waals surface area (Å²) in [6.45, 7) is 1.77. The SMILES string of the molecule is COc1c(Nc2cccc(C(=O)N(C)C)c2C)c(=O)c1=O. The Morgan fingerprint density at radius 2 is 1.86 bits per heavy atom. The number of ether oxygens (including phenoxy) is 1. The molecule has 0 aliphatic heterocycles. The number of anilines is 2. The van der Waals surface area contributed by atoms with Crippen LogP contribution in [0.4, 0.5) is 11.4 Å². The first-order chi connectivity index (χ1) is 9.88. The van der Waals surface area contributed by atoms with Crippen molar-refractivity contribution < 1.29 is 9.53 Å². The molecule has 0 bridgehead atoms. The molecular weight excluding hydrogens is 272 g/mol. The van der Waals surface area contributed by atoms with Crippen LogP contribution in [-0.4, -0.2) is 32.0 Å². The molecule has 1 N–H and O–H groups in total. The second kappa shape index (κ2) is 5.40. The number of hydrogen-bond donors (Lipinski definition) is 1. The van der Waals surface area contributed by atoms with Crippen LogP contribution in [0.15, 0.2) is 27.8 Å². The lowest BCUT2D eigenvalue weighted by Gasteiger charge is -2.17. The van der Waals surface area contributed by atoms with Gasteiger partial charge in [0.25, 0.3) is 16.8 Å². The van der Waals surface area contributed by atoms with Crippen LogP contribution in [0.3, 0.4) is 0 Å². The molecule has 1 amide bonds. The molecule has 110 valence electrons. The van der Waals surface area contributed by atoms with E-state index in [1.807, 2.05) is 0 Å². The molecule has 6 nitrogen and oxygen atoms in total. The molecule has 2 aromatic rings. The zero-order valence-corrected chi connectivity index (χ0v) is 12.3. The van der Waals surface area contributed by atoms with Crippen LogP contribution in [0.2, 0.25) is 0 Å². The molecule has 0 aromatic heterocycles. The Hall–Kier alpha value is -2.63. The highest BCUT2D eigenvalue weighted by atomic mass is 16.5. The van der Waals surface area contributed by atoms with Gasteiger partial charge in [0, 0.05) is 25.3 Å². The van der Waals surface area contributed by atoms with Crippen LogP contribution in [0, 0.1) is 6.92 Å². The minimum absolute atomic E-state index is 0.0174. The molecule has 0 saturated carbocycles. The Labute approximate surface area is 121 Å². The third-order valence-corrected chi connectivity index (χ3v) is 3.30. The second-order valence-electron chi connectivity index (χ2n) is 4.87. The van der Waals surface area contributed by atoms with Crippen molar-refractivity contribution in [3.63, 3.8) is 0 Å². The number of carbonyl (C=O) groups is 1. The number of rotatable bonds is 4. The zero-order chi connectivity index (χ0) is 15.7. The van der Waals surface area contributed by atoms with E-state index in [4.69, 9.17) is 4.74 Å². The molecule has 0 aliphatic carbocycles. The topological polar surface area (TPSA) is 75.7 Å². The summed E-state index contributed by atoms with van der Waals surface area (Å²) in [5.74, 6) is -0.114. The first kappa shape index (κ1) is 14.8. The minimum atomic E-state index is -0.641. The average Bonchev–Trinajstić information content (AvgIpc) is 2.47. The fourth-order valence-corrected chi connectivity index (χ4v) is 2.06. The molecule has 0 unspecified atom stereocenters. The monoisotopic (exact) mass is 288 g/mol. The molecule has 2 rings (SSSR count). The summed E-state index contributed by atoms with van der Waals surface area (Å²) in [6.07, 6.45) is 0. The van der Waals surface area contributed by atoms with Crippen LogP contribution in [-0.2, 0) is 0 Å². The predicted molar refractivity (Wildman–Crippen MR) is 80.4 cm³/mol. The van der Waals surface area contributed by atoms with Gasteiger partial charge in [-0.15, -0.1) is 0 Å². The number of carbonyl (C=O) groups excluding carboxylic acids is 1. The van der Waals surface area contributed by atoms with E-state index in [0.717, 1.165) is 0 Å². The normalized spacial score (nSPS) is 10.5. The van der Waals surface area contributed by atoms with Gasteiger partial charge in [-0.1, -0.05) is 6.07 Å². The van der Waals surface area contributed by atoms with Gasteiger partial charge in [0.2, 0.25) is 0 Å². The van der Waals surface area contributed by atoms with Crippen molar-refractivity contribution in [2.24, 2.45) is 0 Å². The summed E-state index contributed by atoms with van der Waals surface area (Å²) in [7, 11) is 4.67. The smallest absolute Gasteiger partial charge is 0.272 e. The first-order valence-electron chi connectivity index (χ1n) is 6.34. The van der Waals surface area contributed by atoms with E-state index in [1.54, 1.807) is 39.2 Å². The summed E-state index contributed by atoms with van der Waals surface area (Å²) >= 11 is 0. The molecule has 0 fully saturated rings. The van der Waals surface area contributed by atoms with Crippen molar-refractivity contribution in [3.8, 4) is 5.75 Å². The molecule has 0 aliphatic rings. The second-order valence-corrected chi connectivity index (χ2v) is 4.87. The Balaban J connectivity index is 2.41. The van der Waals surface area contributed by atoms with Gasteiger partial charge in [-0.05, 0) is 24.6 Å². The van der Waals surface area contributed by atoms with E-state index in [2.05, 4.69) is 5.32 Å². The Kier molecular flexibility index (Phi) is 3.80. The summed E-state index contributed by atoms with van der Waals surface area (Å²) in [5.41, 5.74) is 0.691. The van der Waals surface area contributed by atoms with E-state index in [1.165, 1.54) is 12.0 Å². The summed E-state index contributed by atoms with van der Waals surface area (Å²) in [5, 5.41) is 2.88. The quantitative estimate of drug-likeness (QED) is 0.851. The van der Waals surface area contributed by atoms with Gasteiger partial charge in [0.05, 0.1) is 7.11 Å². The highest BCUT2D eigenvalue weighted by Crippen LogP contribution is 2.26.